The van der Waals surface area contributed by atoms with Crippen molar-refractivity contribution >= 4 is 44.5 Å². The monoisotopic (exact) mass is 664 g/mol. The molecule has 0 fully saturated rings. The Balaban J connectivity index is 1.37. The summed E-state index contributed by atoms with van der Waals surface area (Å²) in [7, 11) is 0. The molecule has 0 saturated carbocycles. The molecule has 0 atom stereocenters. The maximum atomic E-state index is 5.14. The van der Waals surface area contributed by atoms with E-state index >= 15 is 0 Å². The fourth-order valence-corrected chi connectivity index (χ4v) is 7.35. The third-order valence-electron chi connectivity index (χ3n) is 9.73. The van der Waals surface area contributed by atoms with Crippen LogP contribution in [0.1, 0.15) is 11.1 Å². The van der Waals surface area contributed by atoms with Gasteiger partial charge in [0.2, 0.25) is 0 Å². The number of pyridine rings is 1. The number of hydrogen-bond donors (Lipinski definition) is 0. The molecular formula is C48H32N4. The summed E-state index contributed by atoms with van der Waals surface area (Å²) >= 11 is 0. The Kier molecular flexibility index (Phi) is 7.75. The highest BCUT2D eigenvalue weighted by Crippen LogP contribution is 2.42. The largest absolute Gasteiger partial charge is 0.264 e. The molecule has 244 valence electrons. The standard InChI is InChI=1S/C48H32N4/c1-3-37-38(4-2)43-24-14-23-41(45(43)44-21-12-11-20-42(37)44)35-27-34(39-22-13-19-33-30-49-26-25-40(33)39)28-36(29-35)48-51-46(31-15-7-5-8-16-31)50-47(52-48)32-17-9-6-10-18-32/h3-30H,1-2H2. The molecule has 0 amide bonds. The molecule has 9 aromatic rings. The molecule has 0 aliphatic carbocycles. The number of nitrogens with zero attached hydrogens (tertiary/aromatic N) is 4. The lowest BCUT2D eigenvalue weighted by molar-refractivity contribution is 1.07. The van der Waals surface area contributed by atoms with Crippen LogP contribution in [-0.4, -0.2) is 19.9 Å². The maximum Gasteiger partial charge on any atom is 0.164 e. The van der Waals surface area contributed by atoms with Crippen molar-refractivity contribution in [3.63, 3.8) is 0 Å². The van der Waals surface area contributed by atoms with E-state index < -0.39 is 0 Å². The molecule has 0 saturated heterocycles. The van der Waals surface area contributed by atoms with Gasteiger partial charge in [-0.05, 0) is 84.6 Å². The summed E-state index contributed by atoms with van der Waals surface area (Å²) < 4.78 is 0. The van der Waals surface area contributed by atoms with Crippen LogP contribution in [-0.2, 0) is 0 Å². The average Bonchev–Trinajstić information content (AvgIpc) is 3.23. The van der Waals surface area contributed by atoms with Gasteiger partial charge in [0.05, 0.1) is 0 Å². The zero-order valence-corrected chi connectivity index (χ0v) is 28.4. The van der Waals surface area contributed by atoms with Crippen LogP contribution in [0.2, 0.25) is 0 Å². The van der Waals surface area contributed by atoms with Crippen LogP contribution >= 0.6 is 0 Å². The first-order valence-electron chi connectivity index (χ1n) is 17.3. The first-order chi connectivity index (χ1) is 25.7. The minimum absolute atomic E-state index is 0.600. The SMILES string of the molecule is C=Cc1c(C=C)c2cccc(-c3cc(-c4nc(-c5ccccc5)nc(-c5ccccc5)n4)cc(-c4cccc5cnccc45)c3)c2c2ccccc12. The Morgan fingerprint density at radius 3 is 1.60 bits per heavy atom. The van der Waals surface area contributed by atoms with Gasteiger partial charge in [-0.25, -0.2) is 15.0 Å². The number of rotatable bonds is 7. The van der Waals surface area contributed by atoms with E-state index in [2.05, 4.69) is 103 Å². The zero-order chi connectivity index (χ0) is 35.0. The highest BCUT2D eigenvalue weighted by atomic mass is 15.0. The first kappa shape index (κ1) is 31.0. The van der Waals surface area contributed by atoms with Crippen LogP contribution in [0, 0.1) is 0 Å². The Morgan fingerprint density at radius 2 is 0.923 bits per heavy atom. The normalized spacial score (nSPS) is 11.2. The summed E-state index contributed by atoms with van der Waals surface area (Å²) in [5.41, 5.74) is 9.23. The van der Waals surface area contributed by atoms with Crippen molar-refractivity contribution in [1.82, 2.24) is 19.9 Å². The molecule has 0 aliphatic heterocycles. The van der Waals surface area contributed by atoms with E-state index in [4.69, 9.17) is 15.0 Å². The van der Waals surface area contributed by atoms with E-state index in [0.29, 0.717) is 17.5 Å². The van der Waals surface area contributed by atoms with Gasteiger partial charge in [-0.15, -0.1) is 0 Å². The van der Waals surface area contributed by atoms with E-state index in [0.717, 1.165) is 82.4 Å². The number of aromatic nitrogens is 4. The van der Waals surface area contributed by atoms with Crippen molar-refractivity contribution in [3.8, 4) is 56.4 Å². The molecule has 2 heterocycles. The quantitative estimate of drug-likeness (QED) is 0.159. The van der Waals surface area contributed by atoms with Crippen molar-refractivity contribution in [3.05, 3.63) is 182 Å². The molecule has 0 radical (unpaired) electrons. The number of fused-ring (bicyclic) bond motifs is 4. The summed E-state index contributed by atoms with van der Waals surface area (Å²) in [4.78, 5) is 19.6. The van der Waals surface area contributed by atoms with Gasteiger partial charge >= 0.3 is 0 Å². The molecule has 9 rings (SSSR count). The molecule has 7 aromatic carbocycles. The smallest absolute Gasteiger partial charge is 0.164 e. The van der Waals surface area contributed by atoms with Gasteiger partial charge in [0.1, 0.15) is 0 Å². The Bertz CT molecular complexity index is 2760. The van der Waals surface area contributed by atoms with Gasteiger partial charge < -0.3 is 0 Å². The van der Waals surface area contributed by atoms with Crippen molar-refractivity contribution in [2.24, 2.45) is 0 Å². The molecule has 0 aliphatic rings. The van der Waals surface area contributed by atoms with Gasteiger partial charge in [0.25, 0.3) is 0 Å². The van der Waals surface area contributed by atoms with Crippen molar-refractivity contribution in [2.45, 2.75) is 0 Å². The molecule has 52 heavy (non-hydrogen) atoms. The summed E-state index contributed by atoms with van der Waals surface area (Å²) in [5, 5.41) is 6.79. The minimum atomic E-state index is 0.600. The van der Waals surface area contributed by atoms with Gasteiger partial charge in [-0.3, -0.25) is 4.98 Å². The van der Waals surface area contributed by atoms with Crippen LogP contribution in [0.5, 0.6) is 0 Å². The third-order valence-corrected chi connectivity index (χ3v) is 9.73. The van der Waals surface area contributed by atoms with E-state index in [9.17, 15) is 0 Å². The fourth-order valence-electron chi connectivity index (χ4n) is 7.35. The second kappa shape index (κ2) is 13.0. The van der Waals surface area contributed by atoms with Crippen LogP contribution in [0.25, 0.3) is 101 Å². The lowest BCUT2D eigenvalue weighted by Gasteiger charge is -2.18. The first-order valence-corrected chi connectivity index (χ1v) is 17.3. The third kappa shape index (κ3) is 5.34. The summed E-state index contributed by atoms with van der Waals surface area (Å²) in [5.74, 6) is 1.84. The van der Waals surface area contributed by atoms with Crippen LogP contribution in [0.4, 0.5) is 0 Å². The van der Waals surface area contributed by atoms with Crippen LogP contribution in [0.3, 0.4) is 0 Å². The Hall–Kier alpha value is -7.04. The van der Waals surface area contributed by atoms with Crippen LogP contribution < -0.4 is 0 Å². The maximum absolute atomic E-state index is 5.14. The molecule has 0 spiro atoms. The molecule has 4 nitrogen and oxygen atoms in total. The highest BCUT2D eigenvalue weighted by Gasteiger charge is 2.19. The number of hydrogen-bond acceptors (Lipinski definition) is 4. The molecule has 0 bridgehead atoms. The van der Waals surface area contributed by atoms with E-state index in [1.54, 1.807) is 0 Å². The topological polar surface area (TPSA) is 51.6 Å². The predicted molar refractivity (Wildman–Crippen MR) is 218 cm³/mol. The average molecular weight is 665 g/mol. The lowest BCUT2D eigenvalue weighted by Crippen LogP contribution is -2.00. The van der Waals surface area contributed by atoms with Gasteiger partial charge in [-0.2, -0.15) is 0 Å². The van der Waals surface area contributed by atoms with Gasteiger partial charge in [0.15, 0.2) is 17.5 Å². The van der Waals surface area contributed by atoms with Crippen LogP contribution in [0.15, 0.2) is 171 Å². The van der Waals surface area contributed by atoms with Gasteiger partial charge in [0, 0.05) is 34.5 Å². The molecule has 0 N–H and O–H groups in total. The van der Waals surface area contributed by atoms with E-state index in [1.807, 2.05) is 85.2 Å². The predicted octanol–water partition coefficient (Wildman–Crippen LogP) is 12.3. The summed E-state index contributed by atoms with van der Waals surface area (Å²) in [6, 6.07) is 50.4. The second-order valence-corrected chi connectivity index (χ2v) is 12.7. The number of benzene rings is 7. The summed E-state index contributed by atoms with van der Waals surface area (Å²) in [6.07, 6.45) is 7.65. The highest BCUT2D eigenvalue weighted by molar-refractivity contribution is 6.20. The lowest BCUT2D eigenvalue weighted by atomic mass is 9.86. The van der Waals surface area contributed by atoms with E-state index in [1.165, 1.54) is 0 Å². The van der Waals surface area contributed by atoms with Crippen molar-refractivity contribution in [2.75, 3.05) is 0 Å². The zero-order valence-electron chi connectivity index (χ0n) is 28.4. The molecule has 0 unspecified atom stereocenters. The van der Waals surface area contributed by atoms with Crippen molar-refractivity contribution in [1.29, 1.82) is 0 Å². The second-order valence-electron chi connectivity index (χ2n) is 12.7. The molecule has 4 heteroatoms. The summed E-state index contributed by atoms with van der Waals surface area (Å²) in [6.45, 7) is 8.41. The molecule has 2 aromatic heterocycles. The Morgan fingerprint density at radius 1 is 0.404 bits per heavy atom. The van der Waals surface area contributed by atoms with E-state index in [-0.39, 0.29) is 0 Å². The minimum Gasteiger partial charge on any atom is -0.264 e. The fraction of sp³-hybridized carbons (Fsp3) is 0. The Labute approximate surface area is 302 Å². The van der Waals surface area contributed by atoms with Gasteiger partial charge in [-0.1, -0.05) is 147 Å². The van der Waals surface area contributed by atoms with Crippen molar-refractivity contribution < 1.29 is 0 Å². The molecular weight excluding hydrogens is 633 g/mol.